The van der Waals surface area contributed by atoms with E-state index < -0.39 is 0 Å². The fraction of sp³-hybridized carbons (Fsp3) is 0.250. The van der Waals surface area contributed by atoms with E-state index in [9.17, 15) is 5.11 Å². The van der Waals surface area contributed by atoms with Crippen LogP contribution in [0, 0.1) is 0 Å². The van der Waals surface area contributed by atoms with Crippen LogP contribution >= 0.6 is 0 Å². The Labute approximate surface area is 136 Å². The largest absolute Gasteiger partial charge is 0.505 e. The highest BCUT2D eigenvalue weighted by Crippen LogP contribution is 2.37. The number of rotatable bonds is 2. The fourth-order valence-corrected chi connectivity index (χ4v) is 3.49. The maximum absolute atomic E-state index is 10.6. The summed E-state index contributed by atoms with van der Waals surface area (Å²) in [7, 11) is 0. The molecule has 3 aromatic rings. The first-order chi connectivity index (χ1) is 11.2. The number of phenolic OH excluding ortho intramolecular Hbond substituents is 1. The molecule has 1 aromatic heterocycles. The van der Waals surface area contributed by atoms with Crippen LogP contribution in [0.3, 0.4) is 0 Å². The summed E-state index contributed by atoms with van der Waals surface area (Å²) in [6.45, 7) is 4.01. The maximum Gasteiger partial charge on any atom is 0.146 e. The van der Waals surface area contributed by atoms with Gasteiger partial charge in [0, 0.05) is 35.9 Å². The monoisotopic (exact) mass is 304 g/mol. The number of benzene rings is 2. The number of pyridine rings is 1. The Bertz CT molecular complexity index is 859. The van der Waals surface area contributed by atoms with Crippen LogP contribution in [0.25, 0.3) is 10.9 Å². The van der Waals surface area contributed by atoms with E-state index in [4.69, 9.17) is 0 Å². The van der Waals surface area contributed by atoms with Gasteiger partial charge in [0.1, 0.15) is 11.3 Å². The quantitative estimate of drug-likeness (QED) is 0.759. The molecule has 0 fully saturated rings. The van der Waals surface area contributed by atoms with Crippen molar-refractivity contribution in [3.05, 3.63) is 65.9 Å². The predicted octanol–water partition coefficient (Wildman–Crippen LogP) is 4.45. The van der Waals surface area contributed by atoms with Crippen LogP contribution in [0.1, 0.15) is 30.4 Å². The molecule has 1 aliphatic heterocycles. The van der Waals surface area contributed by atoms with Crippen molar-refractivity contribution in [1.82, 2.24) is 4.98 Å². The van der Waals surface area contributed by atoms with E-state index >= 15 is 0 Å². The predicted molar refractivity (Wildman–Crippen MR) is 93.9 cm³/mol. The van der Waals surface area contributed by atoms with Gasteiger partial charge in [0.2, 0.25) is 0 Å². The molecule has 4 rings (SSSR count). The zero-order valence-corrected chi connectivity index (χ0v) is 13.2. The van der Waals surface area contributed by atoms with Gasteiger partial charge in [-0.3, -0.25) is 4.98 Å². The van der Waals surface area contributed by atoms with Crippen molar-refractivity contribution in [2.24, 2.45) is 0 Å². The summed E-state index contributed by atoms with van der Waals surface area (Å²) in [6.07, 6.45) is 2.87. The number of fused-ring (bicyclic) bond motifs is 2. The normalized spacial score (nSPS) is 17.3. The third kappa shape index (κ3) is 2.42. The van der Waals surface area contributed by atoms with Gasteiger partial charge in [0.15, 0.2) is 0 Å². The Kier molecular flexibility index (Phi) is 3.41. The van der Waals surface area contributed by atoms with Crippen molar-refractivity contribution >= 4 is 16.6 Å². The number of para-hydroxylation sites is 1. The van der Waals surface area contributed by atoms with Gasteiger partial charge in [-0.2, -0.15) is 0 Å². The highest BCUT2D eigenvalue weighted by atomic mass is 16.3. The second-order valence-corrected chi connectivity index (χ2v) is 6.32. The summed E-state index contributed by atoms with van der Waals surface area (Å²) in [4.78, 5) is 6.68. The lowest BCUT2D eigenvalue weighted by Crippen LogP contribution is -2.30. The molecule has 0 aliphatic carbocycles. The third-order valence-electron chi connectivity index (χ3n) is 4.83. The number of nitrogens with zero attached hydrogens (tertiary/aromatic N) is 2. The standard InChI is InChI=1S/C20H20N2O/c1-14-10-12-22(18-7-3-2-6-17(14)18)13-16-9-8-15-5-4-11-21-19(15)20(16)23/h2-9,11,14,23H,10,12-13H2,1H3. The smallest absolute Gasteiger partial charge is 0.146 e. The van der Waals surface area contributed by atoms with Crippen molar-refractivity contribution in [3.8, 4) is 5.75 Å². The van der Waals surface area contributed by atoms with Gasteiger partial charge in [-0.15, -0.1) is 0 Å². The molecular weight excluding hydrogens is 284 g/mol. The average Bonchev–Trinajstić information content (AvgIpc) is 2.60. The SMILES string of the molecule is CC1CCN(Cc2ccc3cccnc3c2O)c2ccccc21. The van der Waals surface area contributed by atoms with Crippen molar-refractivity contribution in [2.45, 2.75) is 25.8 Å². The molecule has 1 unspecified atom stereocenters. The molecule has 23 heavy (non-hydrogen) atoms. The summed E-state index contributed by atoms with van der Waals surface area (Å²) in [5.41, 5.74) is 4.30. The Morgan fingerprint density at radius 2 is 2.00 bits per heavy atom. The minimum Gasteiger partial charge on any atom is -0.505 e. The van der Waals surface area contributed by atoms with E-state index in [2.05, 4.69) is 41.1 Å². The lowest BCUT2D eigenvalue weighted by molar-refractivity contribution is 0.471. The molecule has 0 spiro atoms. The maximum atomic E-state index is 10.6. The first kappa shape index (κ1) is 14.1. The highest BCUT2D eigenvalue weighted by molar-refractivity contribution is 5.85. The van der Waals surface area contributed by atoms with E-state index in [1.165, 1.54) is 11.3 Å². The number of hydrogen-bond acceptors (Lipinski definition) is 3. The van der Waals surface area contributed by atoms with Crippen molar-refractivity contribution in [1.29, 1.82) is 0 Å². The molecular formula is C20H20N2O. The van der Waals surface area contributed by atoms with Crippen LogP contribution < -0.4 is 4.90 Å². The second-order valence-electron chi connectivity index (χ2n) is 6.32. The molecule has 0 radical (unpaired) electrons. The van der Waals surface area contributed by atoms with Crippen LogP contribution in [0.15, 0.2) is 54.7 Å². The fourth-order valence-electron chi connectivity index (χ4n) is 3.49. The van der Waals surface area contributed by atoms with Gasteiger partial charge >= 0.3 is 0 Å². The van der Waals surface area contributed by atoms with Gasteiger partial charge in [-0.1, -0.05) is 43.3 Å². The third-order valence-corrected chi connectivity index (χ3v) is 4.83. The van der Waals surface area contributed by atoms with Gasteiger partial charge in [-0.25, -0.2) is 0 Å². The summed E-state index contributed by atoms with van der Waals surface area (Å²) in [5.74, 6) is 0.897. The van der Waals surface area contributed by atoms with Crippen LogP contribution in [0.4, 0.5) is 5.69 Å². The molecule has 0 saturated heterocycles. The molecule has 0 bridgehead atoms. The van der Waals surface area contributed by atoms with Gasteiger partial charge in [-0.05, 0) is 30.0 Å². The Morgan fingerprint density at radius 3 is 2.91 bits per heavy atom. The number of aromatic hydroxyl groups is 1. The molecule has 2 aromatic carbocycles. The Hall–Kier alpha value is -2.55. The van der Waals surface area contributed by atoms with Crippen LogP contribution in [0.5, 0.6) is 5.75 Å². The van der Waals surface area contributed by atoms with E-state index in [-0.39, 0.29) is 0 Å². The number of hydrogen-bond donors (Lipinski definition) is 1. The van der Waals surface area contributed by atoms with E-state index in [0.717, 1.165) is 23.9 Å². The minimum absolute atomic E-state index is 0.305. The first-order valence-electron chi connectivity index (χ1n) is 8.13. The summed E-state index contributed by atoms with van der Waals surface area (Å²) in [5, 5.41) is 11.6. The zero-order chi connectivity index (χ0) is 15.8. The molecule has 2 heterocycles. The number of aromatic nitrogens is 1. The summed E-state index contributed by atoms with van der Waals surface area (Å²) < 4.78 is 0. The van der Waals surface area contributed by atoms with E-state index in [0.29, 0.717) is 23.7 Å². The zero-order valence-electron chi connectivity index (χ0n) is 13.2. The van der Waals surface area contributed by atoms with Gasteiger partial charge in [0.05, 0.1) is 0 Å². The molecule has 1 atom stereocenters. The lowest BCUT2D eigenvalue weighted by atomic mass is 9.91. The Morgan fingerprint density at radius 1 is 1.13 bits per heavy atom. The van der Waals surface area contributed by atoms with Gasteiger partial charge in [0.25, 0.3) is 0 Å². The lowest BCUT2D eigenvalue weighted by Gasteiger charge is -2.34. The number of anilines is 1. The van der Waals surface area contributed by atoms with Crippen LogP contribution in [0.2, 0.25) is 0 Å². The van der Waals surface area contributed by atoms with E-state index in [1.807, 2.05) is 24.3 Å². The van der Waals surface area contributed by atoms with Gasteiger partial charge < -0.3 is 10.0 Å². The van der Waals surface area contributed by atoms with Crippen molar-refractivity contribution in [3.63, 3.8) is 0 Å². The minimum atomic E-state index is 0.305. The van der Waals surface area contributed by atoms with E-state index in [1.54, 1.807) is 6.20 Å². The molecule has 116 valence electrons. The summed E-state index contributed by atoms with van der Waals surface area (Å²) in [6, 6.07) is 16.5. The Balaban J connectivity index is 1.72. The number of phenols is 1. The second kappa shape index (κ2) is 5.58. The highest BCUT2D eigenvalue weighted by Gasteiger charge is 2.22. The molecule has 1 aliphatic rings. The summed E-state index contributed by atoms with van der Waals surface area (Å²) >= 11 is 0. The topological polar surface area (TPSA) is 36.4 Å². The van der Waals surface area contributed by atoms with Crippen molar-refractivity contribution in [2.75, 3.05) is 11.4 Å². The molecule has 0 saturated carbocycles. The molecule has 1 N–H and O–H groups in total. The van der Waals surface area contributed by atoms with Crippen LogP contribution in [-0.4, -0.2) is 16.6 Å². The molecule has 3 heteroatoms. The van der Waals surface area contributed by atoms with Crippen molar-refractivity contribution < 1.29 is 5.11 Å². The molecule has 0 amide bonds. The van der Waals surface area contributed by atoms with Crippen LogP contribution in [-0.2, 0) is 6.54 Å². The molecule has 3 nitrogen and oxygen atoms in total. The average molecular weight is 304 g/mol. The first-order valence-corrected chi connectivity index (χ1v) is 8.13.